The highest BCUT2D eigenvalue weighted by atomic mass is 16.5. The Morgan fingerprint density at radius 1 is 1.18 bits per heavy atom. The highest BCUT2D eigenvalue weighted by molar-refractivity contribution is 5.98. The van der Waals surface area contributed by atoms with E-state index in [9.17, 15) is 9.59 Å². The molecule has 1 aromatic rings. The Hall–Kier alpha value is -2.12. The number of carbonyl (C=O) groups is 2. The van der Waals surface area contributed by atoms with Crippen molar-refractivity contribution >= 4 is 17.5 Å². The SMILES string of the molecule is CCC(=O)Nc1ccc2c(c1)OC[C@H](C)N(CC1CCCCC1)C[C@H](C)[C@@H](OC)CN(C)C2=O. The molecule has 1 fully saturated rings. The fourth-order valence-electron chi connectivity index (χ4n) is 5.13. The Balaban J connectivity index is 1.89. The molecular weight excluding hydrogens is 430 g/mol. The quantitative estimate of drug-likeness (QED) is 0.685. The van der Waals surface area contributed by atoms with Crippen molar-refractivity contribution in [2.45, 2.75) is 71.4 Å². The van der Waals surface area contributed by atoms with E-state index in [0.29, 0.717) is 36.6 Å². The third kappa shape index (κ3) is 6.95. The summed E-state index contributed by atoms with van der Waals surface area (Å²) in [6.45, 7) is 9.20. The number of hydrogen-bond donors (Lipinski definition) is 1. The van der Waals surface area contributed by atoms with Gasteiger partial charge >= 0.3 is 0 Å². The molecule has 1 aliphatic carbocycles. The topological polar surface area (TPSA) is 71.1 Å². The van der Waals surface area contributed by atoms with Gasteiger partial charge in [-0.15, -0.1) is 0 Å². The summed E-state index contributed by atoms with van der Waals surface area (Å²) in [6.07, 6.45) is 6.94. The van der Waals surface area contributed by atoms with Crippen LogP contribution in [0.4, 0.5) is 5.69 Å². The van der Waals surface area contributed by atoms with Gasteiger partial charge in [0, 0.05) is 58.0 Å². The van der Waals surface area contributed by atoms with Gasteiger partial charge in [-0.1, -0.05) is 33.1 Å². The molecule has 190 valence electrons. The second-order valence-corrected chi connectivity index (χ2v) is 10.2. The van der Waals surface area contributed by atoms with Gasteiger partial charge in [-0.05, 0) is 43.7 Å². The number of benzene rings is 1. The molecule has 7 heteroatoms. The van der Waals surface area contributed by atoms with Crippen LogP contribution < -0.4 is 10.1 Å². The lowest BCUT2D eigenvalue weighted by molar-refractivity contribution is -0.115. The van der Waals surface area contributed by atoms with E-state index >= 15 is 0 Å². The number of amides is 2. The second kappa shape index (κ2) is 12.5. The smallest absolute Gasteiger partial charge is 0.257 e. The fraction of sp³-hybridized carbons (Fsp3) is 0.704. The molecule has 3 atom stereocenters. The van der Waals surface area contributed by atoms with Crippen molar-refractivity contribution in [3.05, 3.63) is 23.8 Å². The number of methoxy groups -OCH3 is 1. The highest BCUT2D eigenvalue weighted by Crippen LogP contribution is 2.29. The van der Waals surface area contributed by atoms with E-state index in [-0.39, 0.29) is 29.9 Å². The van der Waals surface area contributed by atoms with Crippen LogP contribution in [0.1, 0.15) is 69.7 Å². The molecule has 2 aliphatic rings. The normalized spacial score (nSPS) is 25.6. The summed E-state index contributed by atoms with van der Waals surface area (Å²) in [7, 11) is 3.55. The molecular formula is C27H43N3O4. The van der Waals surface area contributed by atoms with Gasteiger partial charge in [0.2, 0.25) is 5.91 Å². The van der Waals surface area contributed by atoms with Crippen LogP contribution in [0, 0.1) is 11.8 Å². The zero-order valence-corrected chi connectivity index (χ0v) is 21.6. The first-order valence-electron chi connectivity index (χ1n) is 12.9. The Bertz CT molecular complexity index is 824. The summed E-state index contributed by atoms with van der Waals surface area (Å²) in [5.41, 5.74) is 1.15. The number of anilines is 1. The molecule has 0 aromatic heterocycles. The molecule has 34 heavy (non-hydrogen) atoms. The summed E-state index contributed by atoms with van der Waals surface area (Å²) in [5.74, 6) is 1.34. The van der Waals surface area contributed by atoms with E-state index in [2.05, 4.69) is 24.1 Å². The Morgan fingerprint density at radius 3 is 2.59 bits per heavy atom. The minimum absolute atomic E-state index is 0.0538. The van der Waals surface area contributed by atoms with Crippen LogP contribution in [0.15, 0.2) is 18.2 Å². The minimum Gasteiger partial charge on any atom is -0.491 e. The summed E-state index contributed by atoms with van der Waals surface area (Å²) in [4.78, 5) is 29.5. The van der Waals surface area contributed by atoms with Crippen LogP contribution in [0.3, 0.4) is 0 Å². The number of likely N-dealkylation sites (N-methyl/N-ethyl adjacent to an activating group) is 1. The number of carbonyl (C=O) groups excluding carboxylic acids is 2. The molecule has 1 heterocycles. The Morgan fingerprint density at radius 2 is 1.91 bits per heavy atom. The number of nitrogens with zero attached hydrogens (tertiary/aromatic N) is 2. The van der Waals surface area contributed by atoms with Crippen molar-refractivity contribution < 1.29 is 19.1 Å². The van der Waals surface area contributed by atoms with Gasteiger partial charge in [0.05, 0.1) is 11.7 Å². The zero-order valence-electron chi connectivity index (χ0n) is 21.6. The lowest BCUT2D eigenvalue weighted by atomic mass is 9.88. The molecule has 1 saturated carbocycles. The third-order valence-corrected chi connectivity index (χ3v) is 7.40. The molecule has 0 saturated heterocycles. The monoisotopic (exact) mass is 473 g/mol. The maximum Gasteiger partial charge on any atom is 0.257 e. The van der Waals surface area contributed by atoms with Crippen LogP contribution in [-0.4, -0.2) is 74.2 Å². The molecule has 1 aliphatic heterocycles. The van der Waals surface area contributed by atoms with Crippen LogP contribution in [0.25, 0.3) is 0 Å². The molecule has 0 spiro atoms. The number of hydrogen-bond acceptors (Lipinski definition) is 5. The number of ether oxygens (including phenoxy) is 2. The average molecular weight is 474 g/mol. The highest BCUT2D eigenvalue weighted by Gasteiger charge is 2.29. The number of fused-ring (bicyclic) bond motifs is 1. The number of nitrogens with one attached hydrogen (secondary N) is 1. The average Bonchev–Trinajstić information content (AvgIpc) is 2.84. The van der Waals surface area contributed by atoms with E-state index in [4.69, 9.17) is 9.47 Å². The molecule has 1 aromatic carbocycles. The van der Waals surface area contributed by atoms with Crippen LogP contribution in [-0.2, 0) is 9.53 Å². The first-order valence-corrected chi connectivity index (χ1v) is 12.9. The van der Waals surface area contributed by atoms with Crippen molar-refractivity contribution in [1.29, 1.82) is 0 Å². The van der Waals surface area contributed by atoms with Crippen molar-refractivity contribution in [2.24, 2.45) is 11.8 Å². The molecule has 0 unspecified atom stereocenters. The summed E-state index contributed by atoms with van der Waals surface area (Å²) in [6, 6.07) is 5.48. The van der Waals surface area contributed by atoms with Crippen LogP contribution in [0.2, 0.25) is 0 Å². The molecule has 2 amide bonds. The lowest BCUT2D eigenvalue weighted by Crippen LogP contribution is -2.48. The standard InChI is InChI=1S/C27H43N3O4/c1-6-26(31)28-22-12-13-23-24(14-22)34-18-20(3)30(16-21-10-8-7-9-11-21)15-19(2)25(33-5)17-29(4)27(23)32/h12-14,19-21,25H,6-11,15-18H2,1-5H3,(H,28,31)/t19-,20-,25-/m0/s1. The maximum atomic E-state index is 13.3. The minimum atomic E-state index is -0.107. The van der Waals surface area contributed by atoms with E-state index in [1.54, 1.807) is 30.2 Å². The van der Waals surface area contributed by atoms with Gasteiger partial charge in [-0.25, -0.2) is 0 Å². The predicted molar refractivity (Wildman–Crippen MR) is 135 cm³/mol. The van der Waals surface area contributed by atoms with Crippen molar-refractivity contribution in [2.75, 3.05) is 45.7 Å². The Labute approximate surface area is 205 Å². The molecule has 1 N–H and O–H groups in total. The summed E-state index contributed by atoms with van der Waals surface area (Å²) in [5, 5.41) is 2.88. The van der Waals surface area contributed by atoms with Gasteiger partial charge in [0.15, 0.2) is 0 Å². The lowest BCUT2D eigenvalue weighted by Gasteiger charge is -2.38. The number of rotatable bonds is 5. The summed E-state index contributed by atoms with van der Waals surface area (Å²) < 4.78 is 12.1. The maximum absolute atomic E-state index is 13.3. The first kappa shape index (κ1) is 26.5. The Kier molecular flexibility index (Phi) is 9.77. The van der Waals surface area contributed by atoms with Gasteiger partial charge < -0.3 is 19.7 Å². The first-order chi connectivity index (χ1) is 16.3. The van der Waals surface area contributed by atoms with E-state index < -0.39 is 0 Å². The molecule has 0 bridgehead atoms. The third-order valence-electron chi connectivity index (χ3n) is 7.40. The van der Waals surface area contributed by atoms with Crippen LogP contribution in [0.5, 0.6) is 5.75 Å². The van der Waals surface area contributed by atoms with E-state index in [0.717, 1.165) is 19.0 Å². The zero-order chi connectivity index (χ0) is 24.7. The fourth-order valence-corrected chi connectivity index (χ4v) is 5.13. The van der Waals surface area contributed by atoms with Crippen LogP contribution >= 0.6 is 0 Å². The van der Waals surface area contributed by atoms with Crippen molar-refractivity contribution in [1.82, 2.24) is 9.80 Å². The van der Waals surface area contributed by atoms with Gasteiger partial charge in [0.25, 0.3) is 5.91 Å². The summed E-state index contributed by atoms with van der Waals surface area (Å²) >= 11 is 0. The molecule has 0 radical (unpaired) electrons. The van der Waals surface area contributed by atoms with E-state index in [1.165, 1.54) is 32.1 Å². The van der Waals surface area contributed by atoms with Crippen molar-refractivity contribution in [3.63, 3.8) is 0 Å². The predicted octanol–water partition coefficient (Wildman–Crippen LogP) is 4.42. The van der Waals surface area contributed by atoms with E-state index in [1.807, 2.05) is 14.0 Å². The molecule has 3 rings (SSSR count). The van der Waals surface area contributed by atoms with Gasteiger partial charge in [0.1, 0.15) is 12.4 Å². The van der Waals surface area contributed by atoms with Gasteiger partial charge in [-0.3, -0.25) is 14.5 Å². The second-order valence-electron chi connectivity index (χ2n) is 10.2. The van der Waals surface area contributed by atoms with Gasteiger partial charge in [-0.2, -0.15) is 0 Å². The van der Waals surface area contributed by atoms with Crippen molar-refractivity contribution in [3.8, 4) is 5.75 Å². The largest absolute Gasteiger partial charge is 0.491 e. The molecule has 7 nitrogen and oxygen atoms in total.